The lowest BCUT2D eigenvalue weighted by Gasteiger charge is -2.45. The van der Waals surface area contributed by atoms with E-state index in [4.69, 9.17) is 0 Å². The van der Waals surface area contributed by atoms with Gasteiger partial charge in [-0.2, -0.15) is 0 Å². The lowest BCUT2D eigenvalue weighted by molar-refractivity contribution is 0.0715. The number of nitrogens with one attached hydrogen (secondary N) is 1. The molecule has 1 amide bonds. The van der Waals surface area contributed by atoms with Crippen molar-refractivity contribution in [1.82, 2.24) is 24.8 Å². The normalized spacial score (nSPS) is 26.1. The van der Waals surface area contributed by atoms with Crippen molar-refractivity contribution in [3.05, 3.63) is 42.7 Å². The molecule has 4 rings (SSSR count). The smallest absolute Gasteiger partial charge is 0.257 e. The summed E-state index contributed by atoms with van der Waals surface area (Å²) < 4.78 is 0. The summed E-state index contributed by atoms with van der Waals surface area (Å²) in [7, 11) is 0. The van der Waals surface area contributed by atoms with Gasteiger partial charge in [0.25, 0.3) is 5.91 Å². The van der Waals surface area contributed by atoms with Crippen molar-refractivity contribution in [1.29, 1.82) is 0 Å². The van der Waals surface area contributed by atoms with E-state index in [0.29, 0.717) is 17.6 Å². The molecule has 2 aliphatic rings. The predicted octanol–water partition coefficient (Wildman–Crippen LogP) is 1.37. The number of carbonyl (C=O) groups is 1. The molecule has 0 bridgehead atoms. The van der Waals surface area contributed by atoms with Gasteiger partial charge in [0.1, 0.15) is 6.33 Å². The summed E-state index contributed by atoms with van der Waals surface area (Å²) in [5.74, 6) is 0.713. The van der Waals surface area contributed by atoms with E-state index in [2.05, 4.69) is 25.3 Å². The van der Waals surface area contributed by atoms with E-state index < -0.39 is 0 Å². The fourth-order valence-electron chi connectivity index (χ4n) is 3.68. The first-order valence-electron chi connectivity index (χ1n) is 7.82. The van der Waals surface area contributed by atoms with Crippen LogP contribution in [0.2, 0.25) is 0 Å². The van der Waals surface area contributed by atoms with Crippen LogP contribution in [0.15, 0.2) is 37.2 Å². The van der Waals surface area contributed by atoms with Crippen molar-refractivity contribution in [2.24, 2.45) is 5.41 Å². The molecule has 1 spiro atoms. The topological polar surface area (TPSA) is 83.9 Å². The molecule has 1 N–H and O–H groups in total. The summed E-state index contributed by atoms with van der Waals surface area (Å²) in [6.45, 7) is 1.62. The summed E-state index contributed by atoms with van der Waals surface area (Å²) in [6, 6.07) is 2.20. The molecule has 1 saturated heterocycles. The molecule has 3 heterocycles. The second-order valence-corrected chi connectivity index (χ2v) is 6.43. The van der Waals surface area contributed by atoms with Gasteiger partial charge in [0, 0.05) is 43.9 Å². The first-order chi connectivity index (χ1) is 11.2. The molecule has 118 valence electrons. The van der Waals surface area contributed by atoms with Crippen molar-refractivity contribution >= 4 is 11.9 Å². The Morgan fingerprint density at radius 2 is 1.96 bits per heavy atom. The third kappa shape index (κ3) is 2.74. The number of carbonyl (C=O) groups excluding carboxylic acids is 1. The summed E-state index contributed by atoms with van der Waals surface area (Å²) in [5.41, 5.74) is 0.814. The molecule has 1 aliphatic carbocycles. The molecule has 0 atom stereocenters. The Kier molecular flexibility index (Phi) is 3.40. The zero-order chi connectivity index (χ0) is 15.7. The molecule has 0 unspecified atom stereocenters. The lowest BCUT2D eigenvalue weighted by atomic mass is 9.65. The highest BCUT2D eigenvalue weighted by Crippen LogP contribution is 2.49. The van der Waals surface area contributed by atoms with Crippen LogP contribution in [0.1, 0.15) is 29.6 Å². The summed E-state index contributed by atoms with van der Waals surface area (Å²) in [5, 5.41) is 3.36. The van der Waals surface area contributed by atoms with Crippen LogP contribution < -0.4 is 5.32 Å². The van der Waals surface area contributed by atoms with Crippen LogP contribution in [0.5, 0.6) is 0 Å². The Morgan fingerprint density at radius 3 is 2.70 bits per heavy atom. The monoisotopic (exact) mass is 310 g/mol. The minimum atomic E-state index is 0.0327. The van der Waals surface area contributed by atoms with Crippen molar-refractivity contribution in [2.75, 3.05) is 18.4 Å². The van der Waals surface area contributed by atoms with Gasteiger partial charge in [-0.05, 0) is 30.7 Å². The number of hydrogen-bond donors (Lipinski definition) is 1. The highest BCUT2D eigenvalue weighted by molar-refractivity contribution is 5.93. The molecule has 2 fully saturated rings. The molecular weight excluding hydrogens is 292 g/mol. The number of rotatable bonds is 3. The molecule has 0 radical (unpaired) electrons. The van der Waals surface area contributed by atoms with Gasteiger partial charge in [-0.1, -0.05) is 0 Å². The van der Waals surface area contributed by atoms with Gasteiger partial charge in [0.05, 0.1) is 5.56 Å². The molecule has 7 heteroatoms. The Morgan fingerprint density at radius 1 is 1.22 bits per heavy atom. The second kappa shape index (κ2) is 5.57. The fraction of sp³-hybridized carbons (Fsp3) is 0.438. The summed E-state index contributed by atoms with van der Waals surface area (Å²) >= 11 is 0. The minimum Gasteiger partial charge on any atom is -0.351 e. The second-order valence-electron chi connectivity index (χ2n) is 6.43. The first-order valence-corrected chi connectivity index (χ1v) is 7.82. The first kappa shape index (κ1) is 14.0. The Balaban J connectivity index is 1.34. The molecule has 2 aromatic rings. The number of likely N-dealkylation sites (tertiary alicyclic amines) is 1. The van der Waals surface area contributed by atoms with Crippen LogP contribution in [-0.4, -0.2) is 49.9 Å². The zero-order valence-corrected chi connectivity index (χ0v) is 12.7. The average Bonchev–Trinajstić information content (AvgIpc) is 3.01. The third-order valence-corrected chi connectivity index (χ3v) is 4.79. The van der Waals surface area contributed by atoms with Gasteiger partial charge in [-0.25, -0.2) is 19.9 Å². The Bertz CT molecular complexity index is 686. The quantitative estimate of drug-likeness (QED) is 0.922. The largest absolute Gasteiger partial charge is 0.351 e. The van der Waals surface area contributed by atoms with E-state index in [-0.39, 0.29) is 11.3 Å². The van der Waals surface area contributed by atoms with Crippen molar-refractivity contribution in [3.63, 3.8) is 0 Å². The Hall–Kier alpha value is -2.57. The molecule has 23 heavy (non-hydrogen) atoms. The van der Waals surface area contributed by atoms with Crippen LogP contribution in [0.4, 0.5) is 5.95 Å². The molecule has 1 saturated carbocycles. The van der Waals surface area contributed by atoms with Crippen LogP contribution in [-0.2, 0) is 0 Å². The van der Waals surface area contributed by atoms with E-state index in [1.165, 1.54) is 6.33 Å². The van der Waals surface area contributed by atoms with Crippen LogP contribution in [0, 0.1) is 5.41 Å². The van der Waals surface area contributed by atoms with Crippen LogP contribution in [0.3, 0.4) is 0 Å². The molecule has 7 nitrogen and oxygen atoms in total. The van der Waals surface area contributed by atoms with E-state index >= 15 is 0 Å². The van der Waals surface area contributed by atoms with Gasteiger partial charge >= 0.3 is 0 Å². The Labute approximate surface area is 134 Å². The summed E-state index contributed by atoms with van der Waals surface area (Å²) in [6.07, 6.45) is 11.2. The molecule has 2 aromatic heterocycles. The van der Waals surface area contributed by atoms with Crippen LogP contribution >= 0.6 is 0 Å². The highest BCUT2D eigenvalue weighted by Gasteiger charge is 2.49. The third-order valence-electron chi connectivity index (χ3n) is 4.79. The van der Waals surface area contributed by atoms with E-state index in [0.717, 1.165) is 32.4 Å². The van der Waals surface area contributed by atoms with Crippen molar-refractivity contribution < 1.29 is 4.79 Å². The number of amides is 1. The van der Waals surface area contributed by atoms with Gasteiger partial charge in [0.2, 0.25) is 5.95 Å². The van der Waals surface area contributed by atoms with Crippen molar-refractivity contribution in [3.8, 4) is 0 Å². The zero-order valence-electron chi connectivity index (χ0n) is 12.7. The highest BCUT2D eigenvalue weighted by atomic mass is 16.2. The van der Waals surface area contributed by atoms with Crippen molar-refractivity contribution in [2.45, 2.75) is 25.3 Å². The SMILES string of the molecule is O=C(c1cncnc1)N1CCC2(CC(Nc3ncccn3)C2)C1. The average molecular weight is 310 g/mol. The van der Waals surface area contributed by atoms with E-state index in [9.17, 15) is 4.79 Å². The molecule has 0 aromatic carbocycles. The van der Waals surface area contributed by atoms with E-state index in [1.807, 2.05) is 4.90 Å². The molecular formula is C16H18N6O. The summed E-state index contributed by atoms with van der Waals surface area (Å²) in [4.78, 5) is 30.6. The predicted molar refractivity (Wildman–Crippen MR) is 83.7 cm³/mol. The fourth-order valence-corrected chi connectivity index (χ4v) is 3.68. The minimum absolute atomic E-state index is 0.0327. The maximum Gasteiger partial charge on any atom is 0.257 e. The van der Waals surface area contributed by atoms with Gasteiger partial charge in [0.15, 0.2) is 0 Å². The maximum absolute atomic E-state index is 12.5. The van der Waals surface area contributed by atoms with Gasteiger partial charge < -0.3 is 10.2 Å². The number of hydrogen-bond acceptors (Lipinski definition) is 6. The van der Waals surface area contributed by atoms with Gasteiger partial charge in [-0.15, -0.1) is 0 Å². The number of aromatic nitrogens is 4. The number of anilines is 1. The maximum atomic E-state index is 12.5. The van der Waals surface area contributed by atoms with Crippen LogP contribution in [0.25, 0.3) is 0 Å². The number of nitrogens with zero attached hydrogens (tertiary/aromatic N) is 5. The standard InChI is InChI=1S/C16H18N6O/c23-14(12-8-17-11-18-9-12)22-5-2-16(10-22)6-13(7-16)21-15-19-3-1-4-20-15/h1,3-4,8-9,11,13H,2,5-7,10H2,(H,19,20,21). The lowest BCUT2D eigenvalue weighted by Crippen LogP contribution is -2.47. The molecule has 1 aliphatic heterocycles. The van der Waals surface area contributed by atoms with Gasteiger partial charge in [-0.3, -0.25) is 4.79 Å². The van der Waals surface area contributed by atoms with E-state index in [1.54, 1.807) is 30.9 Å².